The van der Waals surface area contributed by atoms with E-state index < -0.39 is 0 Å². The molecule has 148 valence electrons. The van der Waals surface area contributed by atoms with Crippen LogP contribution in [-0.4, -0.2) is 36.3 Å². The number of carbonyl (C=O) groups excluding carboxylic acids is 1. The molecule has 0 radical (unpaired) electrons. The average Bonchev–Trinajstić information content (AvgIpc) is 3.00. The van der Waals surface area contributed by atoms with Crippen molar-refractivity contribution in [1.29, 1.82) is 0 Å². The molecule has 28 heavy (non-hydrogen) atoms. The van der Waals surface area contributed by atoms with Gasteiger partial charge in [0.05, 0.1) is 0 Å². The molecule has 0 unspecified atom stereocenters. The third kappa shape index (κ3) is 3.53. The molecule has 1 aliphatic heterocycles. The van der Waals surface area contributed by atoms with Crippen molar-refractivity contribution in [2.45, 2.75) is 44.2 Å². The van der Waals surface area contributed by atoms with E-state index in [1.807, 2.05) is 12.1 Å². The highest BCUT2D eigenvalue weighted by molar-refractivity contribution is 9.10. The summed E-state index contributed by atoms with van der Waals surface area (Å²) in [4.78, 5) is 17.3. The number of carbonyl (C=O) groups is 1. The lowest BCUT2D eigenvalue weighted by molar-refractivity contribution is -0.128. The molecule has 1 amide bonds. The van der Waals surface area contributed by atoms with Crippen LogP contribution < -0.4 is 0 Å². The van der Waals surface area contributed by atoms with Gasteiger partial charge in [-0.1, -0.05) is 64.5 Å². The Morgan fingerprint density at radius 1 is 0.964 bits per heavy atom. The number of rotatable bonds is 4. The number of amides is 1. The van der Waals surface area contributed by atoms with Gasteiger partial charge in [0.25, 0.3) is 0 Å². The number of benzene rings is 2. The molecule has 0 bridgehead atoms. The van der Waals surface area contributed by atoms with Gasteiger partial charge in [0.15, 0.2) is 0 Å². The monoisotopic (exact) mass is 440 g/mol. The summed E-state index contributed by atoms with van der Waals surface area (Å²) >= 11 is 3.62. The summed E-state index contributed by atoms with van der Waals surface area (Å²) in [5.74, 6) is 0.313. The highest BCUT2D eigenvalue weighted by Crippen LogP contribution is 2.52. The number of likely N-dealkylation sites (tertiary alicyclic amines) is 1. The largest absolute Gasteiger partial charge is 0.338 e. The molecule has 4 heteroatoms. The summed E-state index contributed by atoms with van der Waals surface area (Å²) in [5.41, 5.74) is 2.83. The van der Waals surface area contributed by atoms with Gasteiger partial charge in [-0.25, -0.2) is 0 Å². The smallest absolute Gasteiger partial charge is 0.223 e. The summed E-state index contributed by atoms with van der Waals surface area (Å²) in [6, 6.07) is 19.1. The maximum Gasteiger partial charge on any atom is 0.223 e. The van der Waals surface area contributed by atoms with Crippen LogP contribution in [0.2, 0.25) is 0 Å². The molecule has 1 saturated carbocycles. The highest BCUT2D eigenvalue weighted by atomic mass is 79.9. The zero-order chi connectivity index (χ0) is 19.8. The first kappa shape index (κ1) is 19.7. The fraction of sp³-hybridized carbons (Fsp3) is 0.458. The maximum atomic E-state index is 12.8. The first-order valence-electron chi connectivity index (χ1n) is 10.2. The fourth-order valence-electron chi connectivity index (χ4n) is 5.23. The maximum absolute atomic E-state index is 12.8. The van der Waals surface area contributed by atoms with Gasteiger partial charge in [0.2, 0.25) is 5.91 Å². The topological polar surface area (TPSA) is 23.6 Å². The van der Waals surface area contributed by atoms with Crippen molar-refractivity contribution in [2.24, 2.45) is 5.41 Å². The van der Waals surface area contributed by atoms with Crippen LogP contribution in [0.3, 0.4) is 0 Å². The lowest BCUT2D eigenvalue weighted by Gasteiger charge is -2.48. The molecule has 2 aromatic rings. The second-order valence-corrected chi connectivity index (χ2v) is 9.66. The number of nitrogens with zero attached hydrogens (tertiary/aromatic N) is 2. The molecular weight excluding hydrogens is 412 g/mol. The van der Waals surface area contributed by atoms with E-state index in [0.717, 1.165) is 36.7 Å². The number of hydrogen-bond acceptors (Lipinski definition) is 2. The van der Waals surface area contributed by atoms with Crippen molar-refractivity contribution in [3.05, 3.63) is 70.2 Å². The zero-order valence-corrected chi connectivity index (χ0v) is 18.4. The predicted molar refractivity (Wildman–Crippen MR) is 117 cm³/mol. The molecule has 0 atom stereocenters. The summed E-state index contributed by atoms with van der Waals surface area (Å²) < 4.78 is 1.09. The van der Waals surface area contributed by atoms with Crippen LogP contribution >= 0.6 is 15.9 Å². The molecular formula is C24H29BrN2O. The third-order valence-electron chi connectivity index (χ3n) is 7.03. The number of hydrogen-bond donors (Lipinski definition) is 0. The van der Waals surface area contributed by atoms with Crippen LogP contribution in [0.1, 0.15) is 43.2 Å². The molecule has 1 heterocycles. The molecule has 0 aromatic heterocycles. The molecule has 4 rings (SSSR count). The minimum Gasteiger partial charge on any atom is -0.338 e. The van der Waals surface area contributed by atoms with E-state index >= 15 is 0 Å². The normalized spacial score (nSPS) is 27.7. The van der Waals surface area contributed by atoms with E-state index in [9.17, 15) is 4.79 Å². The zero-order valence-electron chi connectivity index (χ0n) is 16.8. The first-order chi connectivity index (χ1) is 13.4. The minimum absolute atomic E-state index is 0.0887. The molecule has 1 aliphatic carbocycles. The Kier molecular flexibility index (Phi) is 5.36. The lowest BCUT2D eigenvalue weighted by atomic mass is 9.64. The third-order valence-corrected chi connectivity index (χ3v) is 7.80. The highest BCUT2D eigenvalue weighted by Gasteiger charge is 2.50. The Morgan fingerprint density at radius 3 is 2.25 bits per heavy atom. The van der Waals surface area contributed by atoms with E-state index in [1.165, 1.54) is 11.1 Å². The van der Waals surface area contributed by atoms with Crippen molar-refractivity contribution in [3.63, 3.8) is 0 Å². The Balaban J connectivity index is 1.50. The molecule has 1 saturated heterocycles. The Morgan fingerprint density at radius 2 is 1.61 bits per heavy atom. The summed E-state index contributed by atoms with van der Waals surface area (Å²) in [5, 5.41) is 0. The molecule has 2 fully saturated rings. The van der Waals surface area contributed by atoms with Crippen molar-refractivity contribution in [1.82, 2.24) is 9.80 Å². The summed E-state index contributed by atoms with van der Waals surface area (Å²) in [7, 11) is 4.40. The summed E-state index contributed by atoms with van der Waals surface area (Å²) in [6.45, 7) is 1.60. The molecule has 0 N–H and O–H groups in total. The van der Waals surface area contributed by atoms with Crippen LogP contribution in [0.4, 0.5) is 0 Å². The fourth-order valence-corrected chi connectivity index (χ4v) is 5.64. The van der Waals surface area contributed by atoms with E-state index in [1.54, 1.807) is 0 Å². The van der Waals surface area contributed by atoms with Gasteiger partial charge in [0.1, 0.15) is 0 Å². The van der Waals surface area contributed by atoms with Gasteiger partial charge in [-0.15, -0.1) is 0 Å². The van der Waals surface area contributed by atoms with Crippen molar-refractivity contribution < 1.29 is 4.79 Å². The summed E-state index contributed by atoms with van der Waals surface area (Å²) in [6.07, 6.45) is 5.15. The first-order valence-corrected chi connectivity index (χ1v) is 11.0. The van der Waals surface area contributed by atoms with Crippen molar-refractivity contribution >= 4 is 21.8 Å². The van der Waals surface area contributed by atoms with Gasteiger partial charge >= 0.3 is 0 Å². The van der Waals surface area contributed by atoms with Gasteiger partial charge in [0, 0.05) is 29.5 Å². The average molecular weight is 441 g/mol. The molecule has 2 aliphatic rings. The quantitative estimate of drug-likeness (QED) is 0.651. The second kappa shape index (κ2) is 7.64. The van der Waals surface area contributed by atoms with Gasteiger partial charge < -0.3 is 4.90 Å². The molecule has 3 nitrogen and oxygen atoms in total. The van der Waals surface area contributed by atoms with E-state index in [-0.39, 0.29) is 11.0 Å². The lowest BCUT2D eigenvalue weighted by Crippen LogP contribution is -2.47. The van der Waals surface area contributed by atoms with Gasteiger partial charge in [-0.3, -0.25) is 9.69 Å². The minimum atomic E-state index is 0.0887. The van der Waals surface area contributed by atoms with Crippen LogP contribution in [-0.2, 0) is 16.9 Å². The standard InChI is InChI=1S/C24H29BrN2O/c1-26(2)24(20-9-4-3-5-10-20)14-12-23(13-15-24)16-22(28)27(18-23)17-19-8-6-7-11-21(19)25/h3-11H,12-18H2,1-2H3. The predicted octanol–water partition coefficient (Wildman–Crippen LogP) is 5.20. The van der Waals surface area contributed by atoms with Crippen LogP contribution in [0.5, 0.6) is 0 Å². The molecule has 1 spiro atoms. The van der Waals surface area contributed by atoms with Gasteiger partial charge in [-0.05, 0) is 62.4 Å². The van der Waals surface area contributed by atoms with Crippen molar-refractivity contribution in [3.8, 4) is 0 Å². The Labute approximate surface area is 176 Å². The van der Waals surface area contributed by atoms with Crippen LogP contribution in [0, 0.1) is 5.41 Å². The second-order valence-electron chi connectivity index (χ2n) is 8.81. The van der Waals surface area contributed by atoms with Crippen molar-refractivity contribution in [2.75, 3.05) is 20.6 Å². The van der Waals surface area contributed by atoms with E-state index in [2.05, 4.69) is 82.3 Å². The van der Waals surface area contributed by atoms with Gasteiger partial charge in [-0.2, -0.15) is 0 Å². The van der Waals surface area contributed by atoms with Crippen LogP contribution in [0.25, 0.3) is 0 Å². The Hall–Kier alpha value is -1.65. The molecule has 2 aromatic carbocycles. The number of halogens is 1. The van der Waals surface area contributed by atoms with Crippen LogP contribution in [0.15, 0.2) is 59.1 Å². The van der Waals surface area contributed by atoms with E-state index in [0.29, 0.717) is 18.9 Å². The SMILES string of the molecule is CN(C)C1(c2ccccc2)CCC2(CC1)CC(=O)N(Cc1ccccc1Br)C2. The Bertz CT molecular complexity index is 841. The van der Waals surface area contributed by atoms with E-state index in [4.69, 9.17) is 0 Å².